The van der Waals surface area contributed by atoms with E-state index in [0.717, 1.165) is 73.1 Å². The van der Waals surface area contributed by atoms with Crippen LogP contribution in [0.15, 0.2) is 18.5 Å². The number of rotatable bonds is 4. The molecule has 6 rings (SSSR count). The third kappa shape index (κ3) is 4.59. The Morgan fingerprint density at radius 3 is 2.47 bits per heavy atom. The van der Waals surface area contributed by atoms with Gasteiger partial charge in [-0.05, 0) is 44.4 Å². The van der Waals surface area contributed by atoms with E-state index >= 15 is 0 Å². The SMILES string of the molecule is Cc1cc(N2CCC(OC3CNC3)CC2)cc2c1O[C@H](C)c1c(ncnc1N1CCS(=O)(=O)CC1)N2. The molecule has 0 radical (unpaired) electrons. The van der Waals surface area contributed by atoms with Crippen molar-refractivity contribution in [3.63, 3.8) is 0 Å². The number of ether oxygens (including phenoxy) is 2. The maximum Gasteiger partial charge on any atom is 0.153 e. The van der Waals surface area contributed by atoms with Crippen LogP contribution >= 0.6 is 0 Å². The number of fused-ring (bicyclic) bond motifs is 2. The summed E-state index contributed by atoms with van der Waals surface area (Å²) in [6, 6.07) is 4.35. The topological polar surface area (TPSA) is 109 Å². The molecule has 11 heteroatoms. The predicted octanol–water partition coefficient (Wildman–Crippen LogP) is 2.17. The summed E-state index contributed by atoms with van der Waals surface area (Å²) in [5.74, 6) is 2.53. The van der Waals surface area contributed by atoms with E-state index in [4.69, 9.17) is 9.47 Å². The minimum absolute atomic E-state index is 0.135. The molecule has 4 aliphatic rings. The molecule has 2 N–H and O–H groups in total. The third-order valence-electron chi connectivity index (χ3n) is 7.66. The van der Waals surface area contributed by atoms with E-state index in [1.54, 1.807) is 6.33 Å². The second-order valence-corrected chi connectivity index (χ2v) is 12.5. The number of hydrogen-bond donors (Lipinski definition) is 2. The summed E-state index contributed by atoms with van der Waals surface area (Å²) in [6.45, 7) is 8.78. The van der Waals surface area contributed by atoms with Gasteiger partial charge in [0.15, 0.2) is 9.84 Å². The number of benzene rings is 1. The lowest BCUT2D eigenvalue weighted by Gasteiger charge is -2.37. The van der Waals surface area contributed by atoms with Crippen molar-refractivity contribution in [1.82, 2.24) is 15.3 Å². The zero-order chi connectivity index (χ0) is 24.9. The monoisotopic (exact) mass is 514 g/mol. The molecule has 0 bridgehead atoms. The Hall–Kier alpha value is -2.63. The highest BCUT2D eigenvalue weighted by molar-refractivity contribution is 7.91. The van der Waals surface area contributed by atoms with E-state index in [1.807, 2.05) is 11.8 Å². The van der Waals surface area contributed by atoms with Gasteiger partial charge in [0.25, 0.3) is 0 Å². The molecule has 3 fully saturated rings. The van der Waals surface area contributed by atoms with E-state index in [-0.39, 0.29) is 17.6 Å². The molecule has 10 nitrogen and oxygen atoms in total. The standard InChI is InChI=1S/C25H34N6O4S/c1-16-11-18(30-5-3-19(4-6-30)35-20-13-26-14-20)12-21-23(16)34-17(2)22-24(29-21)27-15-28-25(22)31-7-9-36(32,33)10-8-31/h11-12,15,17,19-20,26H,3-10,13-14H2,1-2H3,(H,27,28,29)/t17-/m1/s1. The van der Waals surface area contributed by atoms with Crippen molar-refractivity contribution in [2.45, 2.75) is 45.0 Å². The average molecular weight is 515 g/mol. The van der Waals surface area contributed by atoms with Gasteiger partial charge in [0, 0.05) is 45.0 Å². The van der Waals surface area contributed by atoms with Crippen LogP contribution in [0.1, 0.15) is 37.0 Å². The van der Waals surface area contributed by atoms with Gasteiger partial charge in [0.05, 0.1) is 35.0 Å². The summed E-state index contributed by atoms with van der Waals surface area (Å²) in [7, 11) is -2.99. The molecule has 4 aliphatic heterocycles. The van der Waals surface area contributed by atoms with Crippen LogP contribution in [0.2, 0.25) is 0 Å². The highest BCUT2D eigenvalue weighted by Gasteiger charge is 2.32. The fourth-order valence-electron chi connectivity index (χ4n) is 5.47. The minimum atomic E-state index is -2.99. The fraction of sp³-hybridized carbons (Fsp3) is 0.600. The number of aromatic nitrogens is 2. The van der Waals surface area contributed by atoms with Gasteiger partial charge in [-0.25, -0.2) is 18.4 Å². The Bertz CT molecular complexity index is 1230. The maximum absolute atomic E-state index is 12.0. The summed E-state index contributed by atoms with van der Waals surface area (Å²) in [5.41, 5.74) is 3.97. The van der Waals surface area contributed by atoms with Gasteiger partial charge in [0.1, 0.15) is 29.8 Å². The van der Waals surface area contributed by atoms with Crippen LogP contribution in [-0.2, 0) is 14.6 Å². The number of nitrogens with one attached hydrogen (secondary N) is 2. The van der Waals surface area contributed by atoms with Crippen molar-refractivity contribution in [3.05, 3.63) is 29.6 Å². The molecule has 36 heavy (non-hydrogen) atoms. The first kappa shape index (κ1) is 23.7. The van der Waals surface area contributed by atoms with Gasteiger partial charge in [-0.1, -0.05) is 0 Å². The molecule has 2 aromatic rings. The molecular weight excluding hydrogens is 480 g/mol. The van der Waals surface area contributed by atoms with E-state index in [1.165, 1.54) is 0 Å². The average Bonchev–Trinajstić information content (AvgIpc) is 2.98. The number of nitrogens with zero attached hydrogens (tertiary/aromatic N) is 4. The van der Waals surface area contributed by atoms with Crippen molar-refractivity contribution in [3.8, 4) is 5.75 Å². The second kappa shape index (κ2) is 9.35. The predicted molar refractivity (Wildman–Crippen MR) is 139 cm³/mol. The second-order valence-electron chi connectivity index (χ2n) is 10.2. The van der Waals surface area contributed by atoms with Crippen molar-refractivity contribution in [2.75, 3.05) is 65.9 Å². The molecule has 0 unspecified atom stereocenters. The molecule has 3 saturated heterocycles. The molecular formula is C25H34N6O4S. The van der Waals surface area contributed by atoms with Crippen LogP contribution in [0.5, 0.6) is 5.75 Å². The number of sulfone groups is 1. The van der Waals surface area contributed by atoms with Crippen LogP contribution in [-0.4, -0.2) is 81.4 Å². The van der Waals surface area contributed by atoms with Crippen LogP contribution in [0.3, 0.4) is 0 Å². The summed E-state index contributed by atoms with van der Waals surface area (Å²) < 4.78 is 36.6. The Balaban J connectivity index is 1.24. The summed E-state index contributed by atoms with van der Waals surface area (Å²) >= 11 is 0. The first-order chi connectivity index (χ1) is 17.4. The molecule has 0 amide bonds. The molecule has 0 aliphatic carbocycles. The molecule has 1 aromatic heterocycles. The molecule has 5 heterocycles. The fourth-order valence-corrected chi connectivity index (χ4v) is 6.67. The van der Waals surface area contributed by atoms with Gasteiger partial charge in [-0.15, -0.1) is 0 Å². The van der Waals surface area contributed by atoms with E-state index < -0.39 is 9.84 Å². The largest absolute Gasteiger partial charge is 0.483 e. The van der Waals surface area contributed by atoms with Crippen molar-refractivity contribution in [2.24, 2.45) is 0 Å². The number of piperidine rings is 1. The first-order valence-electron chi connectivity index (χ1n) is 12.9. The smallest absolute Gasteiger partial charge is 0.153 e. The molecule has 0 spiro atoms. The lowest BCUT2D eigenvalue weighted by atomic mass is 10.0. The van der Waals surface area contributed by atoms with Crippen LogP contribution in [0, 0.1) is 6.92 Å². The quantitative estimate of drug-likeness (QED) is 0.630. The van der Waals surface area contributed by atoms with Gasteiger partial charge < -0.3 is 29.9 Å². The highest BCUT2D eigenvalue weighted by Crippen LogP contribution is 2.44. The lowest BCUT2D eigenvalue weighted by molar-refractivity contribution is -0.0466. The van der Waals surface area contributed by atoms with Crippen molar-refractivity contribution >= 4 is 32.8 Å². The Morgan fingerprint density at radius 2 is 1.78 bits per heavy atom. The van der Waals surface area contributed by atoms with Crippen molar-refractivity contribution in [1.29, 1.82) is 0 Å². The van der Waals surface area contributed by atoms with Crippen LogP contribution in [0.25, 0.3) is 0 Å². The lowest BCUT2D eigenvalue weighted by Crippen LogP contribution is -2.51. The Kier molecular flexibility index (Phi) is 6.17. The van der Waals surface area contributed by atoms with Gasteiger partial charge in [-0.3, -0.25) is 0 Å². The van der Waals surface area contributed by atoms with Gasteiger partial charge in [-0.2, -0.15) is 0 Å². The van der Waals surface area contributed by atoms with Gasteiger partial charge in [0.2, 0.25) is 0 Å². The zero-order valence-electron chi connectivity index (χ0n) is 20.9. The number of hydrogen-bond acceptors (Lipinski definition) is 10. The number of anilines is 4. The first-order valence-corrected chi connectivity index (χ1v) is 14.7. The third-order valence-corrected chi connectivity index (χ3v) is 9.27. The molecule has 194 valence electrons. The van der Waals surface area contributed by atoms with Crippen LogP contribution < -0.4 is 25.2 Å². The zero-order valence-corrected chi connectivity index (χ0v) is 21.7. The minimum Gasteiger partial charge on any atom is -0.483 e. The van der Waals surface area contributed by atoms with E-state index in [0.29, 0.717) is 31.1 Å². The van der Waals surface area contributed by atoms with E-state index in [9.17, 15) is 8.42 Å². The summed E-state index contributed by atoms with van der Waals surface area (Å²) in [5, 5.41) is 6.79. The highest BCUT2D eigenvalue weighted by atomic mass is 32.2. The molecule has 1 atom stereocenters. The van der Waals surface area contributed by atoms with Crippen molar-refractivity contribution < 1.29 is 17.9 Å². The summed E-state index contributed by atoms with van der Waals surface area (Å²) in [6.07, 6.45) is 4.02. The maximum atomic E-state index is 12.0. The van der Waals surface area contributed by atoms with Gasteiger partial charge >= 0.3 is 0 Å². The Morgan fingerprint density at radius 1 is 1.03 bits per heavy atom. The molecule has 0 saturated carbocycles. The Labute approximate surface area is 212 Å². The van der Waals surface area contributed by atoms with Crippen LogP contribution in [0.4, 0.5) is 23.0 Å². The summed E-state index contributed by atoms with van der Waals surface area (Å²) in [4.78, 5) is 13.5. The number of aryl methyl sites for hydroxylation is 1. The normalized spacial score (nSPS) is 24.1. The molecule has 1 aromatic carbocycles. The van der Waals surface area contributed by atoms with E-state index in [2.05, 4.69) is 44.6 Å².